The van der Waals surface area contributed by atoms with E-state index in [9.17, 15) is 0 Å². The van der Waals surface area contributed by atoms with Gasteiger partial charge >= 0.3 is 6.18 Å². The molecule has 11 rings (SSSR count). The molecule has 13 nitrogen and oxygen atoms in total. The maximum absolute atomic E-state index is 15.3. The van der Waals surface area contributed by atoms with Gasteiger partial charge in [-0.15, -0.1) is 5.10 Å². The van der Waals surface area contributed by atoms with E-state index in [0.29, 0.717) is 31.6 Å². The molecule has 298 valence electrons. The number of nitrogens with zero attached hydrogens (tertiary/aromatic N) is 3. The first-order valence-electron chi connectivity index (χ1n) is 19.7. The highest BCUT2D eigenvalue weighted by Gasteiger charge is 2.77. The van der Waals surface area contributed by atoms with Crippen molar-refractivity contribution in [1.82, 2.24) is 15.0 Å². The second kappa shape index (κ2) is 12.3. The van der Waals surface area contributed by atoms with Crippen molar-refractivity contribution in [3.05, 3.63) is 11.9 Å². The van der Waals surface area contributed by atoms with Crippen LogP contribution in [0, 0.1) is 47.3 Å². The molecule has 9 heterocycles. The first-order valence-corrected chi connectivity index (χ1v) is 19.7. The Morgan fingerprint density at radius 2 is 1.28 bits per heavy atom. The van der Waals surface area contributed by atoms with Crippen LogP contribution in [0.15, 0.2) is 6.20 Å². The number of hydrogen-bond donors (Lipinski definition) is 0. The number of hydrogen-bond acceptors (Lipinski definition) is 12. The minimum atomic E-state index is -4.89. The molecule has 2 aliphatic carbocycles. The van der Waals surface area contributed by atoms with Crippen molar-refractivity contribution < 1.29 is 61.1 Å². The third kappa shape index (κ3) is 5.32. The summed E-state index contributed by atoms with van der Waals surface area (Å²) in [7, 11) is 0. The van der Waals surface area contributed by atoms with Gasteiger partial charge < -0.3 is 28.4 Å². The molecule has 10 aliphatic rings. The molecule has 10 fully saturated rings. The van der Waals surface area contributed by atoms with Crippen molar-refractivity contribution in [1.29, 1.82) is 0 Å². The highest BCUT2D eigenvalue weighted by molar-refractivity contribution is 5.13. The predicted octanol–water partition coefficient (Wildman–Crippen LogP) is 6.55. The van der Waals surface area contributed by atoms with Crippen LogP contribution in [0.4, 0.5) is 13.2 Å². The minimum absolute atomic E-state index is 0.0480. The number of rotatable bonds is 7. The number of halogens is 3. The van der Waals surface area contributed by atoms with Crippen LogP contribution in [-0.4, -0.2) is 74.7 Å². The predicted molar refractivity (Wildman–Crippen MR) is 174 cm³/mol. The zero-order valence-electron chi connectivity index (χ0n) is 31.7. The SMILES string of the molecule is C[C@@H]1CC[C@H]2[C@@H](C)[C@@](C)(OCCn3cc(CO[C@@]4(C(F)(F)F)O[C@@H]5O[C@]6(C)CC[C@H]7[C@H](C)CC[C@@H]([C@H]4C)[C@@]57OO6)nn3)O[C@@H]3O[C@@]4(C)CC[C@@H]1[C@]32OO4. The van der Waals surface area contributed by atoms with Gasteiger partial charge in [0.15, 0.2) is 29.6 Å². The van der Waals surface area contributed by atoms with Gasteiger partial charge in [0, 0.05) is 36.5 Å². The summed E-state index contributed by atoms with van der Waals surface area (Å²) in [6, 6.07) is 0. The van der Waals surface area contributed by atoms with Crippen molar-refractivity contribution >= 4 is 0 Å². The first kappa shape index (κ1) is 37.1. The quantitative estimate of drug-likeness (QED) is 0.281. The Hall–Kier alpha value is -1.47. The van der Waals surface area contributed by atoms with E-state index < -0.39 is 71.5 Å². The van der Waals surface area contributed by atoms with Gasteiger partial charge in [0.2, 0.25) is 11.6 Å². The normalized spacial score (nSPS) is 53.1. The van der Waals surface area contributed by atoms with Crippen molar-refractivity contribution in [3.63, 3.8) is 0 Å². The fraction of sp³-hybridized carbons (Fsp3) is 0.946. The molecular formula is C37H54F3N3O10. The molecule has 1 aromatic rings. The Morgan fingerprint density at radius 3 is 1.87 bits per heavy atom. The fourth-order valence-electron chi connectivity index (χ4n) is 11.8. The fourth-order valence-corrected chi connectivity index (χ4v) is 11.8. The smallest absolute Gasteiger partial charge is 0.348 e. The monoisotopic (exact) mass is 757 g/mol. The van der Waals surface area contributed by atoms with Crippen LogP contribution in [0.3, 0.4) is 0 Å². The lowest BCUT2D eigenvalue weighted by atomic mass is 9.57. The Labute approximate surface area is 307 Å². The summed E-state index contributed by atoms with van der Waals surface area (Å²) in [4.78, 5) is 24.0. The van der Waals surface area contributed by atoms with Gasteiger partial charge in [-0.25, -0.2) is 24.2 Å². The van der Waals surface area contributed by atoms with Crippen molar-refractivity contribution in [3.8, 4) is 0 Å². The van der Waals surface area contributed by atoms with E-state index in [0.717, 1.165) is 25.7 Å². The van der Waals surface area contributed by atoms with E-state index in [2.05, 4.69) is 31.1 Å². The van der Waals surface area contributed by atoms with Crippen LogP contribution in [0.2, 0.25) is 0 Å². The number of aromatic nitrogens is 3. The summed E-state index contributed by atoms with van der Waals surface area (Å²) in [5.74, 6) is -6.93. The molecular weight excluding hydrogens is 703 g/mol. The molecule has 8 saturated heterocycles. The molecule has 1 aromatic heterocycles. The topological polar surface area (TPSA) is 123 Å². The molecule has 0 amide bonds. The standard InChI is InChI=1S/C37H54F3N3O10/c1-20-8-10-27-22(3)33(7,48-29-34(27)25(20)12-14-31(5,46-29)50-52-34)44-17-16-43-18-24(41-42-43)19-45-36(37(38,39)40)23(4)28-11-9-21(2)26-13-15-32(6)47-30(49-36)35(26,28)53-51-32/h18,20-23,25-30H,8-17,19H2,1-7H3/t20-,21-,22-,23-,25+,26+,27+,28+,29+,30+,31-,32+,33+,34-,35-,36-/m1/s1. The van der Waals surface area contributed by atoms with Crippen LogP contribution in [0.5, 0.6) is 0 Å². The molecule has 2 saturated carbocycles. The Kier molecular flexibility index (Phi) is 8.59. The van der Waals surface area contributed by atoms with Gasteiger partial charge in [-0.05, 0) is 83.0 Å². The Morgan fingerprint density at radius 1 is 0.717 bits per heavy atom. The largest absolute Gasteiger partial charge is 0.443 e. The summed E-state index contributed by atoms with van der Waals surface area (Å²) in [6.07, 6.45) is 0.813. The third-order valence-corrected chi connectivity index (χ3v) is 14.9. The molecule has 8 aliphatic heterocycles. The molecule has 16 heteroatoms. The highest BCUT2D eigenvalue weighted by atomic mass is 19.4. The maximum atomic E-state index is 15.3. The molecule has 2 spiro atoms. The van der Waals surface area contributed by atoms with Crippen LogP contribution >= 0.6 is 0 Å². The second-order valence-corrected chi connectivity index (χ2v) is 17.9. The Bertz CT molecular complexity index is 1570. The van der Waals surface area contributed by atoms with Crippen LogP contribution < -0.4 is 0 Å². The van der Waals surface area contributed by atoms with E-state index in [1.807, 2.05) is 13.8 Å². The zero-order valence-corrected chi connectivity index (χ0v) is 31.7. The highest BCUT2D eigenvalue weighted by Crippen LogP contribution is 2.65. The van der Waals surface area contributed by atoms with Crippen LogP contribution in [-0.2, 0) is 61.1 Å². The number of ether oxygens (including phenoxy) is 6. The zero-order chi connectivity index (χ0) is 37.4. The first-order chi connectivity index (χ1) is 25.0. The molecule has 16 atom stereocenters. The van der Waals surface area contributed by atoms with E-state index in [1.165, 1.54) is 11.6 Å². The van der Waals surface area contributed by atoms with Crippen LogP contribution in [0.1, 0.15) is 106 Å². The van der Waals surface area contributed by atoms with Gasteiger partial charge in [0.1, 0.15) is 5.69 Å². The van der Waals surface area contributed by atoms with Crippen molar-refractivity contribution in [2.45, 2.75) is 166 Å². The Balaban J connectivity index is 0.885. The number of alkyl halides is 3. The average Bonchev–Trinajstić information content (AvgIpc) is 3.26. The molecule has 0 radical (unpaired) electrons. The maximum Gasteiger partial charge on any atom is 0.443 e. The molecule has 0 N–H and O–H groups in total. The van der Waals surface area contributed by atoms with Gasteiger partial charge in [-0.1, -0.05) is 32.9 Å². The summed E-state index contributed by atoms with van der Waals surface area (Å²) in [5.41, 5.74) is -1.65. The van der Waals surface area contributed by atoms with Crippen molar-refractivity contribution in [2.75, 3.05) is 6.61 Å². The lowest BCUT2D eigenvalue weighted by Gasteiger charge is -2.62. The molecule has 4 bridgehead atoms. The summed E-state index contributed by atoms with van der Waals surface area (Å²) in [6.45, 7) is 13.6. The summed E-state index contributed by atoms with van der Waals surface area (Å²) >= 11 is 0. The van der Waals surface area contributed by atoms with Gasteiger partial charge in [0.05, 0.1) is 26.0 Å². The van der Waals surface area contributed by atoms with Gasteiger partial charge in [0.25, 0.3) is 5.79 Å². The minimum Gasteiger partial charge on any atom is -0.348 e. The number of fused-ring (bicyclic) bond motifs is 4. The molecule has 53 heavy (non-hydrogen) atoms. The third-order valence-electron chi connectivity index (χ3n) is 14.9. The molecule has 0 aromatic carbocycles. The van der Waals surface area contributed by atoms with E-state index in [4.69, 9.17) is 48.0 Å². The summed E-state index contributed by atoms with van der Waals surface area (Å²) < 4.78 is 85.1. The average molecular weight is 758 g/mol. The second-order valence-electron chi connectivity index (χ2n) is 17.9. The molecule has 0 unspecified atom stereocenters. The van der Waals surface area contributed by atoms with Gasteiger partial charge in [-0.3, -0.25) is 0 Å². The van der Waals surface area contributed by atoms with E-state index in [1.54, 1.807) is 13.1 Å². The van der Waals surface area contributed by atoms with E-state index >= 15 is 13.2 Å². The van der Waals surface area contributed by atoms with E-state index in [-0.39, 0.29) is 48.4 Å². The summed E-state index contributed by atoms with van der Waals surface area (Å²) in [5, 5.41) is 8.33. The van der Waals surface area contributed by atoms with Crippen LogP contribution in [0.25, 0.3) is 0 Å². The van der Waals surface area contributed by atoms with Gasteiger partial charge in [-0.2, -0.15) is 13.2 Å². The lowest BCUT2D eigenvalue weighted by Crippen LogP contribution is -2.75. The lowest BCUT2D eigenvalue weighted by molar-refractivity contribution is -0.599. The van der Waals surface area contributed by atoms with Crippen molar-refractivity contribution in [2.24, 2.45) is 47.3 Å².